The van der Waals surface area contributed by atoms with Crippen molar-refractivity contribution in [2.24, 2.45) is 0 Å². The molecule has 1 aromatic carbocycles. The molecule has 0 aliphatic carbocycles. The summed E-state index contributed by atoms with van der Waals surface area (Å²) in [7, 11) is 0. The Hall–Kier alpha value is -1.88. The van der Waals surface area contributed by atoms with Gasteiger partial charge in [-0.15, -0.1) is 5.10 Å². The minimum absolute atomic E-state index is 0.592. The van der Waals surface area contributed by atoms with Gasteiger partial charge in [0.2, 0.25) is 0 Å². The predicted molar refractivity (Wildman–Crippen MR) is 74.0 cm³/mol. The van der Waals surface area contributed by atoms with Gasteiger partial charge < -0.3 is 10.1 Å². The van der Waals surface area contributed by atoms with Crippen LogP contribution in [0.1, 0.15) is 19.0 Å². The average Bonchev–Trinajstić information content (AvgIpc) is 2.88. The molecule has 0 saturated carbocycles. The van der Waals surface area contributed by atoms with Crippen molar-refractivity contribution in [1.82, 2.24) is 20.3 Å². The Kier molecular flexibility index (Phi) is 5.37. The van der Waals surface area contributed by atoms with Gasteiger partial charge in [-0.25, -0.2) is 4.68 Å². The Balaban J connectivity index is 1.71. The van der Waals surface area contributed by atoms with Crippen LogP contribution in [-0.4, -0.2) is 28.1 Å². The summed E-state index contributed by atoms with van der Waals surface area (Å²) < 4.78 is 7.42. The van der Waals surface area contributed by atoms with Crippen molar-refractivity contribution in [3.63, 3.8) is 0 Å². The van der Waals surface area contributed by atoms with E-state index in [1.54, 1.807) is 0 Å². The van der Waals surface area contributed by atoms with E-state index in [0.29, 0.717) is 13.2 Å². The molecule has 1 aromatic heterocycles. The fraction of sp³-hybridized carbons (Fsp3) is 0.429. The molecule has 0 unspecified atom stereocenters. The molecule has 102 valence electrons. The number of ether oxygens (including phenoxy) is 1. The van der Waals surface area contributed by atoms with Crippen LogP contribution in [0.25, 0.3) is 0 Å². The Morgan fingerprint density at radius 1 is 1.26 bits per heavy atom. The van der Waals surface area contributed by atoms with Crippen LogP contribution < -0.4 is 10.1 Å². The quantitative estimate of drug-likeness (QED) is 0.736. The second-order valence-electron chi connectivity index (χ2n) is 4.31. The summed E-state index contributed by atoms with van der Waals surface area (Å²) >= 11 is 0. The summed E-state index contributed by atoms with van der Waals surface area (Å²) in [6.07, 6.45) is 3.08. The van der Waals surface area contributed by atoms with Gasteiger partial charge in [-0.05, 0) is 25.1 Å². The van der Waals surface area contributed by atoms with E-state index in [1.807, 2.05) is 41.2 Å². The molecule has 5 nitrogen and oxygen atoms in total. The van der Waals surface area contributed by atoms with Gasteiger partial charge in [0.1, 0.15) is 12.4 Å². The minimum Gasteiger partial charge on any atom is -0.492 e. The number of hydrogen-bond acceptors (Lipinski definition) is 4. The topological polar surface area (TPSA) is 52.0 Å². The van der Waals surface area contributed by atoms with E-state index in [1.165, 1.54) is 0 Å². The molecule has 0 saturated heterocycles. The third kappa shape index (κ3) is 4.71. The summed E-state index contributed by atoms with van der Waals surface area (Å²) in [5.74, 6) is 0.882. The van der Waals surface area contributed by atoms with E-state index >= 15 is 0 Å². The number of nitrogens with one attached hydrogen (secondary N) is 1. The van der Waals surface area contributed by atoms with Gasteiger partial charge in [0.25, 0.3) is 0 Å². The molecule has 1 heterocycles. The molecule has 0 bridgehead atoms. The zero-order valence-corrected chi connectivity index (χ0v) is 11.2. The summed E-state index contributed by atoms with van der Waals surface area (Å²) in [5.41, 5.74) is 0.966. The fourth-order valence-corrected chi connectivity index (χ4v) is 1.70. The Morgan fingerprint density at radius 3 is 2.89 bits per heavy atom. The van der Waals surface area contributed by atoms with Gasteiger partial charge >= 0.3 is 0 Å². The number of hydrogen-bond donors (Lipinski definition) is 1. The number of benzene rings is 1. The number of nitrogens with zero attached hydrogens (tertiary/aromatic N) is 3. The molecule has 0 aliphatic heterocycles. The summed E-state index contributed by atoms with van der Waals surface area (Å²) in [5, 5.41) is 11.5. The third-order valence-corrected chi connectivity index (χ3v) is 2.65. The first-order valence-electron chi connectivity index (χ1n) is 6.66. The van der Waals surface area contributed by atoms with E-state index in [2.05, 4.69) is 22.6 Å². The first-order chi connectivity index (χ1) is 9.38. The molecule has 0 spiro atoms. The van der Waals surface area contributed by atoms with E-state index in [0.717, 1.165) is 31.0 Å². The lowest BCUT2D eigenvalue weighted by Gasteiger charge is -2.05. The summed E-state index contributed by atoms with van der Waals surface area (Å²) in [6, 6.07) is 9.79. The first kappa shape index (κ1) is 13.5. The first-order valence-corrected chi connectivity index (χ1v) is 6.66. The van der Waals surface area contributed by atoms with Crippen molar-refractivity contribution in [3.05, 3.63) is 42.2 Å². The van der Waals surface area contributed by atoms with Gasteiger partial charge in [0.05, 0.1) is 12.2 Å². The molecule has 1 N–H and O–H groups in total. The van der Waals surface area contributed by atoms with Crippen LogP contribution >= 0.6 is 0 Å². The lowest BCUT2D eigenvalue weighted by Crippen LogP contribution is -2.14. The van der Waals surface area contributed by atoms with Crippen LogP contribution in [-0.2, 0) is 13.1 Å². The van der Waals surface area contributed by atoms with Gasteiger partial charge in [-0.2, -0.15) is 0 Å². The monoisotopic (exact) mass is 260 g/mol. The van der Waals surface area contributed by atoms with Gasteiger partial charge in [-0.3, -0.25) is 0 Å². The van der Waals surface area contributed by atoms with Crippen LogP contribution in [0.3, 0.4) is 0 Å². The average molecular weight is 260 g/mol. The van der Waals surface area contributed by atoms with E-state index in [-0.39, 0.29) is 0 Å². The van der Waals surface area contributed by atoms with Crippen molar-refractivity contribution >= 4 is 0 Å². The van der Waals surface area contributed by atoms with E-state index in [9.17, 15) is 0 Å². The number of rotatable bonds is 8. The zero-order valence-electron chi connectivity index (χ0n) is 11.2. The fourth-order valence-electron chi connectivity index (χ4n) is 1.70. The minimum atomic E-state index is 0.592. The molecule has 0 atom stereocenters. The molecule has 5 heteroatoms. The van der Waals surface area contributed by atoms with Crippen LogP contribution in [0.5, 0.6) is 5.75 Å². The largest absolute Gasteiger partial charge is 0.492 e. The van der Waals surface area contributed by atoms with Crippen molar-refractivity contribution < 1.29 is 4.74 Å². The van der Waals surface area contributed by atoms with Crippen molar-refractivity contribution in [2.45, 2.75) is 26.4 Å². The highest BCUT2D eigenvalue weighted by Gasteiger charge is 2.00. The van der Waals surface area contributed by atoms with Crippen LogP contribution in [0, 0.1) is 0 Å². The molecular formula is C14H20N4O. The zero-order chi connectivity index (χ0) is 13.3. The summed E-state index contributed by atoms with van der Waals surface area (Å²) in [6.45, 7) is 5.22. The van der Waals surface area contributed by atoms with Crippen molar-refractivity contribution in [3.8, 4) is 5.75 Å². The molecule has 19 heavy (non-hydrogen) atoms. The molecule has 0 amide bonds. The molecule has 0 aliphatic rings. The smallest absolute Gasteiger partial charge is 0.119 e. The van der Waals surface area contributed by atoms with Crippen LogP contribution in [0.15, 0.2) is 36.5 Å². The Morgan fingerprint density at radius 2 is 2.11 bits per heavy atom. The number of para-hydroxylation sites is 1. The van der Waals surface area contributed by atoms with Crippen molar-refractivity contribution in [2.75, 3.05) is 13.2 Å². The molecule has 0 radical (unpaired) electrons. The normalized spacial score (nSPS) is 10.6. The maximum atomic E-state index is 5.61. The highest BCUT2D eigenvalue weighted by molar-refractivity contribution is 5.20. The van der Waals surface area contributed by atoms with E-state index in [4.69, 9.17) is 4.74 Å². The van der Waals surface area contributed by atoms with Crippen LogP contribution in [0.2, 0.25) is 0 Å². The van der Waals surface area contributed by atoms with Gasteiger partial charge in [-0.1, -0.05) is 30.3 Å². The highest BCUT2D eigenvalue weighted by atomic mass is 16.5. The SMILES string of the molecule is CCCNCc1cn(CCOc2ccccc2)nn1. The number of aromatic nitrogens is 3. The Labute approximate surface area is 113 Å². The maximum Gasteiger partial charge on any atom is 0.119 e. The van der Waals surface area contributed by atoms with Crippen LogP contribution in [0.4, 0.5) is 0 Å². The third-order valence-electron chi connectivity index (χ3n) is 2.65. The molecular weight excluding hydrogens is 240 g/mol. The summed E-state index contributed by atoms with van der Waals surface area (Å²) in [4.78, 5) is 0. The molecule has 0 fully saturated rings. The molecule has 2 rings (SSSR count). The molecule has 2 aromatic rings. The Bertz CT molecular complexity index is 469. The lowest BCUT2D eigenvalue weighted by molar-refractivity contribution is 0.289. The van der Waals surface area contributed by atoms with Crippen molar-refractivity contribution in [1.29, 1.82) is 0 Å². The van der Waals surface area contributed by atoms with E-state index < -0.39 is 0 Å². The van der Waals surface area contributed by atoms with Gasteiger partial charge in [0.15, 0.2) is 0 Å². The standard InChI is InChI=1S/C14H20N4O/c1-2-8-15-11-13-12-18(17-16-13)9-10-19-14-6-4-3-5-7-14/h3-7,12,15H,2,8-11H2,1H3. The lowest BCUT2D eigenvalue weighted by atomic mass is 10.3. The highest BCUT2D eigenvalue weighted by Crippen LogP contribution is 2.07. The second kappa shape index (κ2) is 7.53. The predicted octanol–water partition coefficient (Wildman–Crippen LogP) is 1.86. The maximum absolute atomic E-state index is 5.61. The second-order valence-corrected chi connectivity index (χ2v) is 4.31. The van der Waals surface area contributed by atoms with Gasteiger partial charge in [0, 0.05) is 12.7 Å².